The van der Waals surface area contributed by atoms with Gasteiger partial charge >= 0.3 is 0 Å². The number of anilines is 1. The summed E-state index contributed by atoms with van der Waals surface area (Å²) in [6.45, 7) is 0.171. The van der Waals surface area contributed by atoms with Gasteiger partial charge in [-0.15, -0.1) is 0 Å². The second-order valence-corrected chi connectivity index (χ2v) is 7.19. The van der Waals surface area contributed by atoms with Crippen molar-refractivity contribution in [1.29, 1.82) is 0 Å². The van der Waals surface area contributed by atoms with Gasteiger partial charge in [0.05, 0.1) is 5.02 Å². The molecule has 1 aromatic carbocycles. The first-order chi connectivity index (χ1) is 9.92. The molecule has 0 radical (unpaired) electrons. The van der Waals surface area contributed by atoms with Gasteiger partial charge in [0.25, 0.3) is 0 Å². The monoisotopic (exact) mass is 390 g/mol. The number of hydrazine groups is 1. The van der Waals surface area contributed by atoms with Crippen molar-refractivity contribution in [3.63, 3.8) is 0 Å². The molecule has 0 fully saturated rings. The summed E-state index contributed by atoms with van der Waals surface area (Å²) in [6.07, 6.45) is 1.19. The number of rotatable bonds is 5. The molecule has 112 valence electrons. The fourth-order valence-electron chi connectivity index (χ4n) is 1.54. The molecule has 1 heterocycles. The normalized spacial score (nSPS) is 11.4. The van der Waals surface area contributed by atoms with Gasteiger partial charge in [-0.3, -0.25) is 0 Å². The van der Waals surface area contributed by atoms with Crippen LogP contribution in [0.3, 0.4) is 0 Å². The van der Waals surface area contributed by atoms with E-state index in [9.17, 15) is 8.42 Å². The van der Waals surface area contributed by atoms with Crippen LogP contribution in [0.4, 0.5) is 5.82 Å². The molecule has 21 heavy (non-hydrogen) atoms. The third-order valence-electron chi connectivity index (χ3n) is 2.64. The summed E-state index contributed by atoms with van der Waals surface area (Å²) in [4.78, 5) is 3.81. The molecule has 6 nitrogen and oxygen atoms in total. The second-order valence-electron chi connectivity index (χ2n) is 4.10. The molecule has 0 aliphatic rings. The quantitative estimate of drug-likeness (QED) is 0.536. The van der Waals surface area contributed by atoms with Crippen LogP contribution in [0.15, 0.2) is 45.9 Å². The third-order valence-corrected chi connectivity index (χ3v) is 4.83. The van der Waals surface area contributed by atoms with Crippen LogP contribution in [0.2, 0.25) is 5.02 Å². The van der Waals surface area contributed by atoms with E-state index in [2.05, 4.69) is 31.1 Å². The van der Waals surface area contributed by atoms with E-state index in [1.54, 1.807) is 0 Å². The number of benzene rings is 1. The Hall–Kier alpha value is -1.19. The molecule has 0 bridgehead atoms. The van der Waals surface area contributed by atoms with Crippen LogP contribution in [0, 0.1) is 0 Å². The van der Waals surface area contributed by atoms with E-state index >= 15 is 0 Å². The van der Waals surface area contributed by atoms with Crippen LogP contribution in [0.25, 0.3) is 0 Å². The van der Waals surface area contributed by atoms with Crippen molar-refractivity contribution in [1.82, 2.24) is 9.71 Å². The maximum Gasteiger partial charge on any atom is 0.242 e. The molecule has 0 atom stereocenters. The minimum absolute atomic E-state index is 0.0244. The Morgan fingerprint density at radius 3 is 2.52 bits per heavy atom. The molecular formula is C12H12BrClN4O2S. The highest BCUT2D eigenvalue weighted by atomic mass is 79.9. The average Bonchev–Trinajstić information content (AvgIpc) is 2.46. The van der Waals surface area contributed by atoms with Crippen LogP contribution in [0.1, 0.15) is 5.56 Å². The molecule has 4 N–H and O–H groups in total. The van der Waals surface area contributed by atoms with Gasteiger partial charge in [0, 0.05) is 17.2 Å². The van der Waals surface area contributed by atoms with E-state index in [1.807, 2.05) is 24.3 Å². The molecule has 2 aromatic rings. The number of halogens is 2. The van der Waals surface area contributed by atoms with Crippen LogP contribution in [-0.4, -0.2) is 13.4 Å². The fourth-order valence-corrected chi connectivity index (χ4v) is 3.08. The number of nitrogens with one attached hydrogen (secondary N) is 2. The lowest BCUT2D eigenvalue weighted by Gasteiger charge is -2.08. The minimum atomic E-state index is -3.69. The van der Waals surface area contributed by atoms with E-state index in [0.717, 1.165) is 10.0 Å². The highest BCUT2D eigenvalue weighted by Gasteiger charge is 2.16. The van der Waals surface area contributed by atoms with Crippen molar-refractivity contribution in [3.05, 3.63) is 51.6 Å². The van der Waals surface area contributed by atoms with Crippen molar-refractivity contribution in [2.24, 2.45) is 5.84 Å². The van der Waals surface area contributed by atoms with E-state index in [0.29, 0.717) is 0 Å². The molecular weight excluding hydrogens is 380 g/mol. The molecule has 0 amide bonds. The van der Waals surface area contributed by atoms with Crippen molar-refractivity contribution >= 4 is 43.4 Å². The molecule has 0 aliphatic carbocycles. The number of hydrogen-bond donors (Lipinski definition) is 3. The van der Waals surface area contributed by atoms with Gasteiger partial charge in [0.15, 0.2) is 5.82 Å². The number of sulfonamides is 1. The summed E-state index contributed by atoms with van der Waals surface area (Å²) in [7, 11) is -3.69. The van der Waals surface area contributed by atoms with Crippen LogP contribution in [-0.2, 0) is 16.6 Å². The van der Waals surface area contributed by atoms with Gasteiger partial charge in [-0.1, -0.05) is 39.7 Å². The van der Waals surface area contributed by atoms with Gasteiger partial charge < -0.3 is 5.43 Å². The predicted octanol–water partition coefficient (Wildman–Crippen LogP) is 2.26. The number of hydrogen-bond acceptors (Lipinski definition) is 5. The van der Waals surface area contributed by atoms with Gasteiger partial charge in [-0.25, -0.2) is 24.0 Å². The Kier molecular flexibility index (Phi) is 5.17. The smallest absolute Gasteiger partial charge is 0.242 e. The summed E-state index contributed by atoms with van der Waals surface area (Å²) in [5.41, 5.74) is 3.11. The Morgan fingerprint density at radius 2 is 1.95 bits per heavy atom. The number of pyridine rings is 1. The van der Waals surface area contributed by atoms with E-state index < -0.39 is 10.0 Å². The van der Waals surface area contributed by atoms with Gasteiger partial charge in [0.2, 0.25) is 10.0 Å². The van der Waals surface area contributed by atoms with Crippen LogP contribution >= 0.6 is 27.5 Å². The molecule has 0 saturated carbocycles. The molecule has 0 saturated heterocycles. The summed E-state index contributed by atoms with van der Waals surface area (Å²) in [5.74, 6) is 5.40. The molecule has 2 rings (SSSR count). The third kappa shape index (κ3) is 4.14. The zero-order valence-electron chi connectivity index (χ0n) is 10.7. The van der Waals surface area contributed by atoms with Gasteiger partial charge in [0.1, 0.15) is 4.90 Å². The van der Waals surface area contributed by atoms with Gasteiger partial charge in [-0.05, 0) is 23.8 Å². The van der Waals surface area contributed by atoms with Crippen molar-refractivity contribution in [3.8, 4) is 0 Å². The summed E-state index contributed by atoms with van der Waals surface area (Å²) in [5, 5.41) is 0.129. The fraction of sp³-hybridized carbons (Fsp3) is 0.0833. The SMILES string of the molecule is NNc1ncc(S(=O)(=O)NCc2ccc(Br)cc2)cc1Cl. The predicted molar refractivity (Wildman–Crippen MR) is 85.2 cm³/mol. The summed E-state index contributed by atoms with van der Waals surface area (Å²) >= 11 is 9.18. The highest BCUT2D eigenvalue weighted by molar-refractivity contribution is 9.10. The lowest BCUT2D eigenvalue weighted by Crippen LogP contribution is -2.23. The number of nitrogens with two attached hydrogens (primary N) is 1. The van der Waals surface area contributed by atoms with Crippen molar-refractivity contribution in [2.45, 2.75) is 11.4 Å². The summed E-state index contributed by atoms with van der Waals surface area (Å²) in [6, 6.07) is 8.60. The first-order valence-electron chi connectivity index (χ1n) is 5.78. The average molecular weight is 392 g/mol. The lowest BCUT2D eigenvalue weighted by atomic mass is 10.2. The van der Waals surface area contributed by atoms with Crippen molar-refractivity contribution < 1.29 is 8.42 Å². The van der Waals surface area contributed by atoms with Crippen molar-refractivity contribution in [2.75, 3.05) is 5.43 Å². The number of aromatic nitrogens is 1. The summed E-state index contributed by atoms with van der Waals surface area (Å²) < 4.78 is 27.7. The second kappa shape index (κ2) is 6.71. The van der Waals surface area contributed by atoms with E-state index in [-0.39, 0.29) is 22.3 Å². The largest absolute Gasteiger partial charge is 0.307 e. The molecule has 1 aromatic heterocycles. The Balaban J connectivity index is 2.14. The number of nitrogen functional groups attached to an aromatic ring is 1. The highest BCUT2D eigenvalue weighted by Crippen LogP contribution is 2.21. The first-order valence-corrected chi connectivity index (χ1v) is 8.44. The first kappa shape index (κ1) is 16.2. The van der Waals surface area contributed by atoms with Gasteiger partial charge in [-0.2, -0.15) is 0 Å². The van der Waals surface area contributed by atoms with Crippen LogP contribution in [0.5, 0.6) is 0 Å². The molecule has 0 aliphatic heterocycles. The van der Waals surface area contributed by atoms with E-state index in [4.69, 9.17) is 17.4 Å². The topological polar surface area (TPSA) is 97.1 Å². The number of nitrogens with zero attached hydrogens (tertiary/aromatic N) is 1. The Labute approximate surface area is 135 Å². The molecule has 9 heteroatoms. The standard InChI is InChI=1S/C12H12BrClN4O2S/c13-9-3-1-8(2-4-9)6-17-21(19,20)10-5-11(14)12(18-15)16-7-10/h1-5,7,17H,6,15H2,(H,16,18). The van der Waals surface area contributed by atoms with Crippen LogP contribution < -0.4 is 16.0 Å². The molecule has 0 spiro atoms. The maximum atomic E-state index is 12.2. The molecule has 0 unspecified atom stereocenters. The van der Waals surface area contributed by atoms with E-state index in [1.165, 1.54) is 12.3 Å². The minimum Gasteiger partial charge on any atom is -0.307 e. The maximum absolute atomic E-state index is 12.2. The Morgan fingerprint density at radius 1 is 1.29 bits per heavy atom. The Bertz CT molecular complexity index is 737. The lowest BCUT2D eigenvalue weighted by molar-refractivity contribution is 0.581. The zero-order chi connectivity index (χ0) is 15.5. The zero-order valence-corrected chi connectivity index (χ0v) is 13.8.